The Morgan fingerprint density at radius 1 is 1.21 bits per heavy atom. The van der Waals surface area contributed by atoms with E-state index in [9.17, 15) is 27.6 Å². The predicted molar refractivity (Wildman–Crippen MR) is 162 cm³/mol. The third kappa shape index (κ3) is 6.07. The fourth-order valence-corrected chi connectivity index (χ4v) is 8.02. The van der Waals surface area contributed by atoms with Gasteiger partial charge in [0.1, 0.15) is 5.01 Å². The normalized spacial score (nSPS) is 18.2. The Kier molecular flexibility index (Phi) is 8.69. The number of aromatic nitrogens is 3. The summed E-state index contributed by atoms with van der Waals surface area (Å²) in [5.74, 6) is -2.68. The number of allylic oxidation sites excluding steroid dienone is 1. The number of para-hydroxylation sites is 1. The van der Waals surface area contributed by atoms with Crippen LogP contribution in [0.1, 0.15) is 51.0 Å². The number of hydrogen-bond donors (Lipinski definition) is 1. The van der Waals surface area contributed by atoms with Gasteiger partial charge in [-0.25, -0.2) is 14.6 Å². The van der Waals surface area contributed by atoms with Crippen LogP contribution in [0.25, 0.3) is 10.2 Å². The summed E-state index contributed by atoms with van der Waals surface area (Å²) in [6.45, 7) is 3.93. The van der Waals surface area contributed by atoms with Crippen LogP contribution in [0.5, 0.6) is 0 Å². The summed E-state index contributed by atoms with van der Waals surface area (Å²) in [7, 11) is 1.34. The van der Waals surface area contributed by atoms with Crippen molar-refractivity contribution in [3.05, 3.63) is 61.8 Å². The molecule has 2 aliphatic rings. The maximum Gasteiger partial charge on any atom is 0.493 e. The number of thiazole rings is 1. The van der Waals surface area contributed by atoms with Gasteiger partial charge in [-0.3, -0.25) is 13.9 Å². The van der Waals surface area contributed by atoms with Crippen molar-refractivity contribution in [3.8, 4) is 0 Å². The summed E-state index contributed by atoms with van der Waals surface area (Å²) in [6, 6.07) is 7.41. The molecule has 43 heavy (non-hydrogen) atoms. The number of hydrogen-bond acceptors (Lipinski definition) is 10. The zero-order valence-corrected chi connectivity index (χ0v) is 25.7. The van der Waals surface area contributed by atoms with E-state index in [0.717, 1.165) is 49.2 Å². The number of fused-ring (bicyclic) bond motifs is 2. The number of halogens is 3. The number of carbonyl (C=O) groups is 1. The molecule has 0 bridgehead atoms. The zero-order valence-electron chi connectivity index (χ0n) is 24.0. The molecule has 1 saturated carbocycles. The molecule has 1 aromatic carbocycles. The maximum absolute atomic E-state index is 14.2. The molecule has 232 valence electrons. The van der Waals surface area contributed by atoms with Gasteiger partial charge in [0, 0.05) is 24.9 Å². The Hall–Kier alpha value is -3.30. The average Bonchev–Trinajstić information content (AvgIpc) is 3.51. The highest BCUT2D eigenvalue weighted by Gasteiger charge is 2.51. The van der Waals surface area contributed by atoms with E-state index in [1.165, 1.54) is 30.1 Å². The van der Waals surface area contributed by atoms with Crippen molar-refractivity contribution >= 4 is 50.8 Å². The standard InChI is InChI=1S/C28H33F3N6O4S2/c1-17(2)11-14-35-21-22(34(3)25(40)36(23(21)38)15-20-33-18-9-5-6-10-19(18)42-20)37(41-24(39)28(29,30)31)26(35)43-27(16-32)12-7-4-8-13-27/h5-6,9-11,26H,4,7-8,12-16,32H2,1-3H3. The molecule has 1 aliphatic heterocycles. The molecule has 0 saturated heterocycles. The lowest BCUT2D eigenvalue weighted by Crippen LogP contribution is -2.49. The van der Waals surface area contributed by atoms with E-state index in [2.05, 4.69) is 4.98 Å². The van der Waals surface area contributed by atoms with E-state index in [-0.39, 0.29) is 31.1 Å². The molecule has 3 aromatic rings. The maximum atomic E-state index is 14.2. The lowest BCUT2D eigenvalue weighted by Gasteiger charge is -2.41. The van der Waals surface area contributed by atoms with E-state index in [1.54, 1.807) is 4.90 Å². The van der Waals surface area contributed by atoms with Crippen LogP contribution >= 0.6 is 23.1 Å². The predicted octanol–water partition coefficient (Wildman–Crippen LogP) is 4.50. The second-order valence-electron chi connectivity index (χ2n) is 11.0. The third-order valence-corrected chi connectivity index (χ3v) is 10.4. The second kappa shape index (κ2) is 12.0. The van der Waals surface area contributed by atoms with Crippen molar-refractivity contribution in [2.75, 3.05) is 23.1 Å². The highest BCUT2D eigenvalue weighted by Crippen LogP contribution is 2.49. The van der Waals surface area contributed by atoms with E-state index in [0.29, 0.717) is 17.8 Å². The molecule has 0 amide bonds. The molecule has 10 nitrogen and oxygen atoms in total. The first-order valence-electron chi connectivity index (χ1n) is 13.9. The van der Waals surface area contributed by atoms with Crippen LogP contribution in [-0.2, 0) is 23.2 Å². The van der Waals surface area contributed by atoms with Gasteiger partial charge in [0.2, 0.25) is 0 Å². The number of alkyl halides is 3. The van der Waals surface area contributed by atoms with Crippen molar-refractivity contribution < 1.29 is 22.8 Å². The first-order chi connectivity index (χ1) is 20.3. The van der Waals surface area contributed by atoms with Gasteiger partial charge in [0.15, 0.2) is 17.0 Å². The minimum atomic E-state index is -5.31. The minimum absolute atomic E-state index is 0.0452. The summed E-state index contributed by atoms with van der Waals surface area (Å²) in [5, 5.41) is 1.29. The van der Waals surface area contributed by atoms with Crippen molar-refractivity contribution in [1.29, 1.82) is 0 Å². The van der Waals surface area contributed by atoms with Gasteiger partial charge in [-0.05, 0) is 38.8 Å². The van der Waals surface area contributed by atoms with E-state index in [1.807, 2.05) is 44.2 Å². The summed E-state index contributed by atoms with van der Waals surface area (Å²) in [5.41, 5.74) is 5.24. The van der Waals surface area contributed by atoms with Crippen molar-refractivity contribution in [1.82, 2.24) is 14.1 Å². The van der Waals surface area contributed by atoms with Crippen LogP contribution in [0.2, 0.25) is 0 Å². The molecular formula is C28H33F3N6O4S2. The molecule has 1 atom stereocenters. The molecule has 1 aliphatic carbocycles. The Labute approximate surface area is 253 Å². The summed E-state index contributed by atoms with van der Waals surface area (Å²) >= 11 is 2.60. The van der Waals surface area contributed by atoms with Crippen molar-refractivity contribution in [3.63, 3.8) is 0 Å². The first-order valence-corrected chi connectivity index (χ1v) is 15.6. The highest BCUT2D eigenvalue weighted by atomic mass is 32.2. The molecule has 0 spiro atoms. The molecule has 0 radical (unpaired) electrons. The Bertz CT molecular complexity index is 1640. The Morgan fingerprint density at radius 3 is 2.53 bits per heavy atom. The first kappa shape index (κ1) is 31.1. The summed E-state index contributed by atoms with van der Waals surface area (Å²) in [6.07, 6.45) is 0.705. The highest BCUT2D eigenvalue weighted by molar-refractivity contribution is 8.01. The number of rotatable bonds is 8. The van der Waals surface area contributed by atoms with Gasteiger partial charge in [-0.2, -0.15) is 18.2 Å². The van der Waals surface area contributed by atoms with Crippen molar-refractivity contribution in [2.24, 2.45) is 12.8 Å². The van der Waals surface area contributed by atoms with Gasteiger partial charge in [-0.15, -0.1) is 23.1 Å². The number of hydroxylamine groups is 1. The number of nitrogens with two attached hydrogens (primary N) is 1. The van der Waals surface area contributed by atoms with Gasteiger partial charge in [-0.1, -0.05) is 43.0 Å². The largest absolute Gasteiger partial charge is 0.493 e. The lowest BCUT2D eigenvalue weighted by molar-refractivity contribution is -0.201. The van der Waals surface area contributed by atoms with Gasteiger partial charge >= 0.3 is 17.8 Å². The molecule has 2 N–H and O–H groups in total. The van der Waals surface area contributed by atoms with Gasteiger partial charge < -0.3 is 15.5 Å². The second-order valence-corrected chi connectivity index (χ2v) is 13.6. The molecule has 1 fully saturated rings. The quantitative estimate of drug-likeness (QED) is 0.356. The van der Waals surface area contributed by atoms with Crippen molar-refractivity contribution in [2.45, 2.75) is 68.9 Å². The molecule has 5 rings (SSSR count). The van der Waals surface area contributed by atoms with Crippen LogP contribution in [0.4, 0.5) is 24.7 Å². The zero-order chi connectivity index (χ0) is 31.1. The third-order valence-electron chi connectivity index (χ3n) is 7.69. The van der Waals surface area contributed by atoms with Crippen LogP contribution < -0.4 is 26.9 Å². The average molecular weight is 639 g/mol. The number of carbonyl (C=O) groups excluding carboxylic acids is 1. The fourth-order valence-electron chi connectivity index (χ4n) is 5.44. The van der Waals surface area contributed by atoms with Crippen LogP contribution in [0.15, 0.2) is 45.5 Å². The van der Waals surface area contributed by atoms with E-state index >= 15 is 0 Å². The number of benzene rings is 1. The van der Waals surface area contributed by atoms with E-state index in [4.69, 9.17) is 10.6 Å². The number of anilines is 2. The fraction of sp³-hybridized carbons (Fsp3) is 0.500. The molecule has 3 heterocycles. The Balaban J connectivity index is 1.68. The SMILES string of the molecule is CC(C)=CCN1c2c(n(C)c(=O)n(Cc3nc4ccccc4s3)c2=O)N(OC(=O)C(F)(F)F)C1SC1(CN)CCCCC1. The summed E-state index contributed by atoms with van der Waals surface area (Å²) in [4.78, 5) is 51.2. The number of thioether (sulfide) groups is 1. The van der Waals surface area contributed by atoms with Gasteiger partial charge in [0.05, 0.1) is 16.8 Å². The van der Waals surface area contributed by atoms with Crippen LogP contribution in [-0.4, -0.2) is 49.6 Å². The number of nitrogens with zero attached hydrogens (tertiary/aromatic N) is 5. The monoisotopic (exact) mass is 638 g/mol. The van der Waals surface area contributed by atoms with E-state index < -0.39 is 33.6 Å². The molecule has 15 heteroatoms. The Morgan fingerprint density at radius 2 is 1.91 bits per heavy atom. The lowest BCUT2D eigenvalue weighted by atomic mass is 9.88. The molecular weight excluding hydrogens is 605 g/mol. The smallest absolute Gasteiger partial charge is 0.329 e. The molecule has 1 unspecified atom stereocenters. The van der Waals surface area contributed by atoms with Crippen LogP contribution in [0, 0.1) is 0 Å². The van der Waals surface area contributed by atoms with Crippen LogP contribution in [0.3, 0.4) is 0 Å². The summed E-state index contributed by atoms with van der Waals surface area (Å²) < 4.78 is 43.0. The minimum Gasteiger partial charge on any atom is -0.329 e. The topological polar surface area (TPSA) is 116 Å². The van der Waals surface area contributed by atoms with Gasteiger partial charge in [0.25, 0.3) is 5.56 Å². The molecule has 2 aromatic heterocycles.